The average Bonchev–Trinajstić information content (AvgIpc) is 2.29. The molecule has 0 saturated carbocycles. The standard InChI is InChI=1S/C10H20O/c1-5-8(2)9-6-7-10(3,4)11-9/h8-9H,5-7H2,1-4H3. The van der Waals surface area contributed by atoms with Crippen LogP contribution >= 0.6 is 0 Å². The monoisotopic (exact) mass is 156 g/mol. The van der Waals surface area contributed by atoms with Gasteiger partial charge in [0.2, 0.25) is 0 Å². The van der Waals surface area contributed by atoms with Crippen molar-refractivity contribution in [3.63, 3.8) is 0 Å². The maximum absolute atomic E-state index is 5.90. The van der Waals surface area contributed by atoms with Crippen molar-refractivity contribution in [3.05, 3.63) is 0 Å². The lowest BCUT2D eigenvalue weighted by Gasteiger charge is -2.22. The highest BCUT2D eigenvalue weighted by molar-refractivity contribution is 4.82. The second-order valence-electron chi connectivity index (χ2n) is 4.34. The molecule has 2 unspecified atom stereocenters. The van der Waals surface area contributed by atoms with E-state index in [1.807, 2.05) is 0 Å². The third kappa shape index (κ3) is 2.19. The lowest BCUT2D eigenvalue weighted by atomic mass is 9.98. The topological polar surface area (TPSA) is 9.23 Å². The van der Waals surface area contributed by atoms with Crippen molar-refractivity contribution in [1.82, 2.24) is 0 Å². The summed E-state index contributed by atoms with van der Waals surface area (Å²) in [7, 11) is 0. The molecule has 0 radical (unpaired) electrons. The van der Waals surface area contributed by atoms with Crippen molar-refractivity contribution < 1.29 is 4.74 Å². The Hall–Kier alpha value is -0.0400. The largest absolute Gasteiger partial charge is 0.372 e. The molecule has 1 saturated heterocycles. The summed E-state index contributed by atoms with van der Waals surface area (Å²) in [6.45, 7) is 8.90. The van der Waals surface area contributed by atoms with E-state index in [4.69, 9.17) is 4.74 Å². The van der Waals surface area contributed by atoms with E-state index in [1.165, 1.54) is 19.3 Å². The zero-order valence-electron chi connectivity index (χ0n) is 8.18. The van der Waals surface area contributed by atoms with Crippen LogP contribution in [0.3, 0.4) is 0 Å². The minimum atomic E-state index is 0.147. The molecule has 0 N–H and O–H groups in total. The predicted molar refractivity (Wildman–Crippen MR) is 47.6 cm³/mol. The number of ether oxygens (including phenoxy) is 1. The first-order chi connectivity index (χ1) is 5.05. The molecule has 2 atom stereocenters. The third-order valence-electron chi connectivity index (χ3n) is 2.78. The summed E-state index contributed by atoms with van der Waals surface area (Å²) in [5, 5.41) is 0. The van der Waals surface area contributed by atoms with Gasteiger partial charge in [-0.1, -0.05) is 20.3 Å². The maximum atomic E-state index is 5.90. The van der Waals surface area contributed by atoms with E-state index in [0.717, 1.165) is 5.92 Å². The van der Waals surface area contributed by atoms with Crippen LogP contribution in [0, 0.1) is 5.92 Å². The smallest absolute Gasteiger partial charge is 0.0631 e. The lowest BCUT2D eigenvalue weighted by molar-refractivity contribution is -0.0378. The predicted octanol–water partition coefficient (Wildman–Crippen LogP) is 2.99. The Labute approximate surface area is 70.1 Å². The molecule has 66 valence electrons. The van der Waals surface area contributed by atoms with Crippen LogP contribution in [-0.4, -0.2) is 11.7 Å². The van der Waals surface area contributed by atoms with Crippen LogP contribution in [0.25, 0.3) is 0 Å². The van der Waals surface area contributed by atoms with Gasteiger partial charge in [-0.05, 0) is 32.6 Å². The van der Waals surface area contributed by atoms with E-state index >= 15 is 0 Å². The number of rotatable bonds is 2. The van der Waals surface area contributed by atoms with Crippen molar-refractivity contribution in [3.8, 4) is 0 Å². The highest BCUT2D eigenvalue weighted by atomic mass is 16.5. The maximum Gasteiger partial charge on any atom is 0.0631 e. The summed E-state index contributed by atoms with van der Waals surface area (Å²) in [4.78, 5) is 0. The Morgan fingerprint density at radius 1 is 1.55 bits per heavy atom. The number of hydrogen-bond acceptors (Lipinski definition) is 1. The second kappa shape index (κ2) is 3.14. The van der Waals surface area contributed by atoms with Crippen LogP contribution in [0.15, 0.2) is 0 Å². The highest BCUT2D eigenvalue weighted by Crippen LogP contribution is 2.33. The van der Waals surface area contributed by atoms with E-state index < -0.39 is 0 Å². The number of hydrogen-bond donors (Lipinski definition) is 0. The zero-order valence-corrected chi connectivity index (χ0v) is 8.18. The van der Waals surface area contributed by atoms with Crippen molar-refractivity contribution in [2.24, 2.45) is 5.92 Å². The molecular weight excluding hydrogens is 136 g/mol. The third-order valence-corrected chi connectivity index (χ3v) is 2.78. The van der Waals surface area contributed by atoms with Crippen LogP contribution in [0.5, 0.6) is 0 Å². The molecule has 1 nitrogen and oxygen atoms in total. The molecule has 1 heterocycles. The quantitative estimate of drug-likeness (QED) is 0.597. The first-order valence-electron chi connectivity index (χ1n) is 4.73. The molecular formula is C10H20O. The highest BCUT2D eigenvalue weighted by Gasteiger charge is 2.33. The van der Waals surface area contributed by atoms with Gasteiger partial charge < -0.3 is 4.74 Å². The second-order valence-corrected chi connectivity index (χ2v) is 4.34. The van der Waals surface area contributed by atoms with E-state index in [9.17, 15) is 0 Å². The average molecular weight is 156 g/mol. The van der Waals surface area contributed by atoms with E-state index in [2.05, 4.69) is 27.7 Å². The molecule has 0 aliphatic carbocycles. The minimum Gasteiger partial charge on any atom is -0.372 e. The first-order valence-corrected chi connectivity index (χ1v) is 4.73. The molecule has 1 fully saturated rings. The van der Waals surface area contributed by atoms with Crippen molar-refractivity contribution >= 4 is 0 Å². The van der Waals surface area contributed by atoms with Crippen LogP contribution < -0.4 is 0 Å². The molecule has 0 bridgehead atoms. The molecule has 0 aromatic heterocycles. The fourth-order valence-electron chi connectivity index (χ4n) is 1.68. The Balaban J connectivity index is 2.41. The molecule has 1 heteroatoms. The van der Waals surface area contributed by atoms with Crippen molar-refractivity contribution in [2.45, 2.75) is 58.7 Å². The minimum absolute atomic E-state index is 0.147. The molecule has 11 heavy (non-hydrogen) atoms. The van der Waals surface area contributed by atoms with Crippen LogP contribution in [0.4, 0.5) is 0 Å². The first kappa shape index (κ1) is 9.05. The summed E-state index contributed by atoms with van der Waals surface area (Å²) >= 11 is 0. The molecule has 1 aliphatic heterocycles. The molecule has 1 aliphatic rings. The zero-order chi connectivity index (χ0) is 8.48. The summed E-state index contributed by atoms with van der Waals surface area (Å²) in [6.07, 6.45) is 4.24. The van der Waals surface area contributed by atoms with Crippen molar-refractivity contribution in [1.29, 1.82) is 0 Å². The lowest BCUT2D eigenvalue weighted by Crippen LogP contribution is -2.23. The molecule has 0 amide bonds. The Bertz CT molecular complexity index is 129. The Kier molecular flexibility index (Phi) is 2.58. The summed E-state index contributed by atoms with van der Waals surface area (Å²) in [5.74, 6) is 0.733. The van der Waals surface area contributed by atoms with E-state index in [1.54, 1.807) is 0 Å². The van der Waals surface area contributed by atoms with Gasteiger partial charge in [0.1, 0.15) is 0 Å². The van der Waals surface area contributed by atoms with E-state index in [-0.39, 0.29) is 5.60 Å². The van der Waals surface area contributed by atoms with Gasteiger partial charge in [-0.25, -0.2) is 0 Å². The van der Waals surface area contributed by atoms with Gasteiger partial charge >= 0.3 is 0 Å². The van der Waals surface area contributed by atoms with Crippen LogP contribution in [0.2, 0.25) is 0 Å². The SMILES string of the molecule is CCC(C)C1CCC(C)(C)O1. The van der Waals surface area contributed by atoms with Crippen molar-refractivity contribution in [2.75, 3.05) is 0 Å². The Morgan fingerprint density at radius 2 is 2.18 bits per heavy atom. The normalized spacial score (nSPS) is 32.2. The van der Waals surface area contributed by atoms with Crippen LogP contribution in [0.1, 0.15) is 47.0 Å². The fourth-order valence-corrected chi connectivity index (χ4v) is 1.68. The summed E-state index contributed by atoms with van der Waals surface area (Å²) in [6, 6.07) is 0. The van der Waals surface area contributed by atoms with E-state index in [0.29, 0.717) is 6.10 Å². The van der Waals surface area contributed by atoms with Crippen LogP contribution in [-0.2, 0) is 4.74 Å². The van der Waals surface area contributed by atoms with Gasteiger partial charge in [0, 0.05) is 0 Å². The van der Waals surface area contributed by atoms with Gasteiger partial charge in [-0.15, -0.1) is 0 Å². The molecule has 0 aromatic carbocycles. The van der Waals surface area contributed by atoms with Gasteiger partial charge in [-0.2, -0.15) is 0 Å². The summed E-state index contributed by atoms with van der Waals surface area (Å²) < 4.78 is 5.90. The van der Waals surface area contributed by atoms with Gasteiger partial charge in [0.25, 0.3) is 0 Å². The van der Waals surface area contributed by atoms with Gasteiger partial charge in [0.15, 0.2) is 0 Å². The van der Waals surface area contributed by atoms with Gasteiger partial charge in [0.05, 0.1) is 11.7 Å². The fraction of sp³-hybridized carbons (Fsp3) is 1.00. The Morgan fingerprint density at radius 3 is 2.55 bits per heavy atom. The molecule has 0 aromatic rings. The summed E-state index contributed by atoms with van der Waals surface area (Å²) in [5.41, 5.74) is 0.147. The van der Waals surface area contributed by atoms with Gasteiger partial charge in [-0.3, -0.25) is 0 Å². The molecule has 1 rings (SSSR count). The molecule has 0 spiro atoms.